The zero-order valence-electron chi connectivity index (χ0n) is 14.3. The van der Waals surface area contributed by atoms with E-state index in [0.717, 1.165) is 6.42 Å². The summed E-state index contributed by atoms with van der Waals surface area (Å²) < 4.78 is 5.38. The van der Waals surface area contributed by atoms with Gasteiger partial charge in [0.1, 0.15) is 11.3 Å². The lowest BCUT2D eigenvalue weighted by atomic mass is 9.85. The lowest BCUT2D eigenvalue weighted by molar-refractivity contribution is 0.0694. The molecule has 0 saturated heterocycles. The van der Waals surface area contributed by atoms with Crippen LogP contribution in [0.25, 0.3) is 0 Å². The predicted octanol–water partition coefficient (Wildman–Crippen LogP) is 3.54. The van der Waals surface area contributed by atoms with Crippen LogP contribution in [-0.4, -0.2) is 23.5 Å². The molecule has 0 radical (unpaired) electrons. The highest BCUT2D eigenvalue weighted by atomic mass is 16.4. The maximum Gasteiger partial charge on any atom is 0.339 e. The predicted molar refractivity (Wildman–Crippen MR) is 91.3 cm³/mol. The molecule has 1 amide bonds. The van der Waals surface area contributed by atoms with Gasteiger partial charge in [-0.25, -0.2) is 4.79 Å². The van der Waals surface area contributed by atoms with Gasteiger partial charge in [0, 0.05) is 19.0 Å². The first-order valence-corrected chi connectivity index (χ1v) is 8.00. The van der Waals surface area contributed by atoms with E-state index >= 15 is 0 Å². The van der Waals surface area contributed by atoms with Crippen molar-refractivity contribution in [2.45, 2.75) is 33.6 Å². The molecule has 0 aliphatic rings. The van der Waals surface area contributed by atoms with Crippen molar-refractivity contribution in [3.05, 3.63) is 59.0 Å². The lowest BCUT2D eigenvalue weighted by Crippen LogP contribution is -2.35. The van der Waals surface area contributed by atoms with E-state index in [1.54, 1.807) is 6.92 Å². The number of rotatable bonds is 7. The van der Waals surface area contributed by atoms with Crippen LogP contribution in [0.3, 0.4) is 0 Å². The van der Waals surface area contributed by atoms with Crippen molar-refractivity contribution in [3.8, 4) is 0 Å². The average Bonchev–Trinajstić information content (AvgIpc) is 2.98. The molecule has 5 heteroatoms. The largest absolute Gasteiger partial charge is 0.478 e. The van der Waals surface area contributed by atoms with Crippen LogP contribution in [0.15, 0.2) is 40.8 Å². The van der Waals surface area contributed by atoms with Gasteiger partial charge in [-0.15, -0.1) is 0 Å². The third-order valence-corrected chi connectivity index (χ3v) is 3.84. The Hall–Kier alpha value is -2.56. The minimum absolute atomic E-state index is 0.0414. The molecule has 0 bridgehead atoms. The molecule has 1 aromatic heterocycles. The Bertz CT molecular complexity index is 716. The summed E-state index contributed by atoms with van der Waals surface area (Å²) >= 11 is 0. The maximum atomic E-state index is 12.3. The molecule has 128 valence electrons. The minimum atomic E-state index is -1.08. The molecule has 0 aliphatic carbocycles. The van der Waals surface area contributed by atoms with Crippen LogP contribution in [0.4, 0.5) is 0 Å². The van der Waals surface area contributed by atoms with Gasteiger partial charge in [-0.3, -0.25) is 4.79 Å². The molecule has 0 atom stereocenters. The highest BCUT2D eigenvalue weighted by Gasteiger charge is 2.23. The Morgan fingerprint density at radius 1 is 1.21 bits per heavy atom. The van der Waals surface area contributed by atoms with Crippen LogP contribution in [0.5, 0.6) is 0 Å². The number of hydrogen-bond donors (Lipinski definition) is 2. The van der Waals surface area contributed by atoms with Gasteiger partial charge < -0.3 is 14.8 Å². The van der Waals surface area contributed by atoms with Gasteiger partial charge in [0.15, 0.2) is 5.76 Å². The lowest BCUT2D eigenvalue weighted by Gasteiger charge is -2.24. The number of benzene rings is 1. The summed E-state index contributed by atoms with van der Waals surface area (Å²) in [4.78, 5) is 23.4. The molecule has 1 heterocycles. The average molecular weight is 329 g/mol. The van der Waals surface area contributed by atoms with Gasteiger partial charge in [-0.05, 0) is 17.4 Å². The number of aryl methyl sites for hydroxylation is 1. The van der Waals surface area contributed by atoms with Gasteiger partial charge >= 0.3 is 5.97 Å². The second kappa shape index (κ2) is 7.34. The number of nitrogens with one attached hydrogen (secondary N) is 1. The van der Waals surface area contributed by atoms with Crippen LogP contribution in [0.1, 0.15) is 53.0 Å². The summed E-state index contributed by atoms with van der Waals surface area (Å²) in [5, 5.41) is 12.0. The molecule has 24 heavy (non-hydrogen) atoms. The number of amides is 1. The number of carboxylic acid groups (broad SMARTS) is 1. The summed E-state index contributed by atoms with van der Waals surface area (Å²) in [6, 6.07) is 11.4. The Morgan fingerprint density at radius 2 is 1.88 bits per heavy atom. The van der Waals surface area contributed by atoms with Crippen LogP contribution in [0, 0.1) is 5.41 Å². The Balaban J connectivity index is 2.01. The number of furan rings is 1. The molecule has 2 rings (SSSR count). The quantitative estimate of drug-likeness (QED) is 0.814. The fraction of sp³-hybridized carbons (Fsp3) is 0.368. The minimum Gasteiger partial charge on any atom is -0.478 e. The van der Waals surface area contributed by atoms with Gasteiger partial charge in [0.05, 0.1) is 0 Å². The smallest absolute Gasteiger partial charge is 0.339 e. The second-order valence-electron chi connectivity index (χ2n) is 6.62. The number of carbonyl (C=O) groups excluding carboxylic acids is 1. The molecule has 0 unspecified atom stereocenters. The summed E-state index contributed by atoms with van der Waals surface area (Å²) in [5.74, 6) is -1.12. The van der Waals surface area contributed by atoms with Crippen molar-refractivity contribution in [2.75, 3.05) is 6.54 Å². The summed E-state index contributed by atoms with van der Waals surface area (Å²) in [6.07, 6.45) is 1.25. The highest BCUT2D eigenvalue weighted by molar-refractivity contribution is 5.96. The van der Waals surface area contributed by atoms with Crippen LogP contribution < -0.4 is 5.32 Å². The van der Waals surface area contributed by atoms with Crippen molar-refractivity contribution < 1.29 is 19.1 Å². The van der Waals surface area contributed by atoms with Crippen LogP contribution >= 0.6 is 0 Å². The third-order valence-electron chi connectivity index (χ3n) is 3.84. The van der Waals surface area contributed by atoms with E-state index < -0.39 is 11.9 Å². The van der Waals surface area contributed by atoms with E-state index in [0.29, 0.717) is 18.7 Å². The number of aromatic carboxylic acids is 1. The first-order valence-electron chi connectivity index (χ1n) is 8.00. The first-order chi connectivity index (χ1) is 11.3. The third kappa shape index (κ3) is 4.47. The molecule has 0 spiro atoms. The highest BCUT2D eigenvalue weighted by Crippen LogP contribution is 2.21. The standard InChI is InChI=1S/C19H23NO4/c1-4-15-14(18(22)23)10-16(24-15)17(21)20-12-19(2,3)11-13-8-6-5-7-9-13/h5-10H,4,11-12H2,1-3H3,(H,20,21)(H,22,23). The van der Waals surface area contributed by atoms with Gasteiger partial charge in [-0.2, -0.15) is 0 Å². The summed E-state index contributed by atoms with van der Waals surface area (Å²) in [5.41, 5.74) is 1.12. The monoisotopic (exact) mass is 329 g/mol. The van der Waals surface area contributed by atoms with E-state index in [2.05, 4.69) is 31.3 Å². The van der Waals surface area contributed by atoms with E-state index in [1.807, 2.05) is 18.2 Å². The Morgan fingerprint density at radius 3 is 2.42 bits per heavy atom. The van der Waals surface area contributed by atoms with Gasteiger partial charge in [0.25, 0.3) is 5.91 Å². The van der Waals surface area contributed by atoms with Crippen molar-refractivity contribution in [2.24, 2.45) is 5.41 Å². The Labute approximate surface area is 141 Å². The zero-order chi connectivity index (χ0) is 17.7. The molecule has 0 aliphatic heterocycles. The van der Waals surface area contributed by atoms with Crippen molar-refractivity contribution >= 4 is 11.9 Å². The molecule has 0 fully saturated rings. The zero-order valence-corrected chi connectivity index (χ0v) is 14.3. The second-order valence-corrected chi connectivity index (χ2v) is 6.62. The van der Waals surface area contributed by atoms with E-state index in [-0.39, 0.29) is 16.7 Å². The number of hydrogen-bond acceptors (Lipinski definition) is 3. The molecule has 2 N–H and O–H groups in total. The van der Waals surface area contributed by atoms with Crippen LogP contribution in [0.2, 0.25) is 0 Å². The molecular formula is C19H23NO4. The maximum absolute atomic E-state index is 12.3. The Kier molecular flexibility index (Phi) is 5.44. The topological polar surface area (TPSA) is 79.5 Å². The number of carbonyl (C=O) groups is 2. The normalized spacial score (nSPS) is 11.3. The fourth-order valence-corrected chi connectivity index (χ4v) is 2.60. The molecule has 1 aromatic carbocycles. The SMILES string of the molecule is CCc1oc(C(=O)NCC(C)(C)Cc2ccccc2)cc1C(=O)O. The van der Waals surface area contributed by atoms with E-state index in [9.17, 15) is 9.59 Å². The number of carboxylic acids is 1. The molecular weight excluding hydrogens is 306 g/mol. The molecule has 5 nitrogen and oxygen atoms in total. The summed E-state index contributed by atoms with van der Waals surface area (Å²) in [6.45, 7) is 6.40. The molecule has 2 aromatic rings. The summed E-state index contributed by atoms with van der Waals surface area (Å²) in [7, 11) is 0. The van der Waals surface area contributed by atoms with Crippen LogP contribution in [-0.2, 0) is 12.8 Å². The van der Waals surface area contributed by atoms with E-state index in [4.69, 9.17) is 9.52 Å². The first kappa shape index (κ1) is 17.8. The van der Waals surface area contributed by atoms with Crippen molar-refractivity contribution in [1.29, 1.82) is 0 Å². The van der Waals surface area contributed by atoms with Crippen molar-refractivity contribution in [3.63, 3.8) is 0 Å². The van der Waals surface area contributed by atoms with Crippen molar-refractivity contribution in [1.82, 2.24) is 5.32 Å². The van der Waals surface area contributed by atoms with Gasteiger partial charge in [-0.1, -0.05) is 51.1 Å². The molecule has 0 saturated carbocycles. The van der Waals surface area contributed by atoms with E-state index in [1.165, 1.54) is 11.6 Å². The fourth-order valence-electron chi connectivity index (χ4n) is 2.60. The van der Waals surface area contributed by atoms with Gasteiger partial charge in [0.2, 0.25) is 0 Å².